The van der Waals surface area contributed by atoms with Crippen molar-refractivity contribution in [3.63, 3.8) is 0 Å². The lowest BCUT2D eigenvalue weighted by molar-refractivity contribution is 0.0525. The third-order valence-corrected chi connectivity index (χ3v) is 3.67. The van der Waals surface area contributed by atoms with Crippen LogP contribution in [-0.2, 0) is 4.74 Å². The van der Waals surface area contributed by atoms with Crippen LogP contribution in [0.15, 0.2) is 18.3 Å². The summed E-state index contributed by atoms with van der Waals surface area (Å²) < 4.78 is 10.9. The molecule has 2 rings (SSSR count). The van der Waals surface area contributed by atoms with Gasteiger partial charge in [0.15, 0.2) is 0 Å². The van der Waals surface area contributed by atoms with E-state index in [1.807, 2.05) is 0 Å². The average Bonchev–Trinajstić information content (AvgIpc) is 2.38. The molecule has 4 heteroatoms. The third-order valence-electron chi connectivity index (χ3n) is 3.67. The van der Waals surface area contributed by atoms with Crippen LogP contribution in [0.2, 0.25) is 0 Å². The van der Waals surface area contributed by atoms with Gasteiger partial charge < -0.3 is 9.47 Å². The molecule has 0 aromatic carbocycles. The molecule has 1 fully saturated rings. The van der Waals surface area contributed by atoms with Gasteiger partial charge in [-0.15, -0.1) is 0 Å². The molecule has 1 aliphatic carbocycles. The molecule has 0 spiro atoms. The van der Waals surface area contributed by atoms with Crippen LogP contribution in [-0.4, -0.2) is 23.7 Å². The van der Waals surface area contributed by atoms with Crippen LogP contribution in [0.1, 0.15) is 50.4 Å². The molecule has 20 heavy (non-hydrogen) atoms. The summed E-state index contributed by atoms with van der Waals surface area (Å²) in [6.07, 6.45) is 5.17. The number of hydrogen-bond acceptors (Lipinski definition) is 4. The van der Waals surface area contributed by atoms with E-state index in [1.165, 1.54) is 12.6 Å². The first-order chi connectivity index (χ1) is 9.58. The van der Waals surface area contributed by atoms with Crippen molar-refractivity contribution in [1.29, 1.82) is 0 Å². The molecule has 1 heterocycles. The fourth-order valence-electron chi connectivity index (χ4n) is 2.93. The fourth-order valence-corrected chi connectivity index (χ4v) is 2.93. The van der Waals surface area contributed by atoms with Gasteiger partial charge in [-0.25, -0.2) is 9.78 Å². The molecular formula is C16H23NO3. The Morgan fingerprint density at radius 1 is 1.25 bits per heavy atom. The van der Waals surface area contributed by atoms with Gasteiger partial charge in [-0.05, 0) is 44.1 Å². The maximum atomic E-state index is 11.5. The monoisotopic (exact) mass is 277 g/mol. The summed E-state index contributed by atoms with van der Waals surface area (Å²) in [5.41, 5.74) is 0.463. The summed E-state index contributed by atoms with van der Waals surface area (Å²) in [6.45, 7) is 6.69. The second-order valence-corrected chi connectivity index (χ2v) is 5.76. The van der Waals surface area contributed by atoms with Crippen molar-refractivity contribution in [3.05, 3.63) is 23.9 Å². The summed E-state index contributed by atoms with van der Waals surface area (Å²) in [5.74, 6) is 1.64. The van der Waals surface area contributed by atoms with Gasteiger partial charge in [-0.1, -0.05) is 13.8 Å². The molecule has 0 bridgehead atoms. The topological polar surface area (TPSA) is 48.4 Å². The minimum atomic E-state index is -0.341. The van der Waals surface area contributed by atoms with E-state index in [-0.39, 0.29) is 12.1 Å². The zero-order valence-corrected chi connectivity index (χ0v) is 12.5. The maximum absolute atomic E-state index is 11.5. The molecule has 2 atom stereocenters. The van der Waals surface area contributed by atoms with Crippen molar-refractivity contribution >= 4 is 5.97 Å². The minimum Gasteiger partial charge on any atom is -0.474 e. The van der Waals surface area contributed by atoms with Crippen molar-refractivity contribution in [1.82, 2.24) is 4.98 Å². The van der Waals surface area contributed by atoms with Gasteiger partial charge in [0.25, 0.3) is 0 Å². The molecule has 1 saturated carbocycles. The first kappa shape index (κ1) is 14.8. The van der Waals surface area contributed by atoms with Gasteiger partial charge in [0.2, 0.25) is 5.88 Å². The second kappa shape index (κ2) is 6.73. The predicted molar refractivity (Wildman–Crippen MR) is 76.8 cm³/mol. The van der Waals surface area contributed by atoms with Gasteiger partial charge in [-0.2, -0.15) is 0 Å². The number of ether oxygens (including phenoxy) is 2. The van der Waals surface area contributed by atoms with E-state index in [0.29, 0.717) is 29.9 Å². The Morgan fingerprint density at radius 3 is 2.50 bits per heavy atom. The smallest absolute Gasteiger partial charge is 0.339 e. The predicted octanol–water partition coefficient (Wildman–Crippen LogP) is 3.46. The normalized spacial score (nSPS) is 26.1. The van der Waals surface area contributed by atoms with Gasteiger partial charge >= 0.3 is 5.97 Å². The Balaban J connectivity index is 1.95. The zero-order valence-electron chi connectivity index (χ0n) is 12.5. The number of carbonyl (C=O) groups excluding carboxylic acids is 1. The number of hydrogen-bond donors (Lipinski definition) is 0. The number of carbonyl (C=O) groups is 1. The highest BCUT2D eigenvalue weighted by molar-refractivity contribution is 5.89. The number of esters is 1. The molecule has 1 aliphatic rings. The number of aromatic nitrogens is 1. The standard InChI is InChI=1S/C16H23NO3/c1-4-19-16(18)13-5-6-15(17-10-13)20-14-8-11(2)7-12(3)9-14/h5-6,10-12,14H,4,7-9H2,1-3H3. The summed E-state index contributed by atoms with van der Waals surface area (Å²) in [6, 6.07) is 3.45. The van der Waals surface area contributed by atoms with E-state index in [4.69, 9.17) is 9.47 Å². The van der Waals surface area contributed by atoms with Crippen molar-refractivity contribution in [2.45, 2.75) is 46.1 Å². The molecule has 0 saturated heterocycles. The number of pyridine rings is 1. The summed E-state index contributed by atoms with van der Waals surface area (Å²) in [4.78, 5) is 15.7. The van der Waals surface area contributed by atoms with Crippen LogP contribution in [0.25, 0.3) is 0 Å². The molecule has 0 N–H and O–H groups in total. The lowest BCUT2D eigenvalue weighted by atomic mass is 9.82. The van der Waals surface area contributed by atoms with Crippen molar-refractivity contribution in [2.24, 2.45) is 11.8 Å². The van der Waals surface area contributed by atoms with Crippen LogP contribution in [0, 0.1) is 11.8 Å². The van der Waals surface area contributed by atoms with E-state index in [0.717, 1.165) is 12.8 Å². The molecule has 0 radical (unpaired) electrons. The largest absolute Gasteiger partial charge is 0.474 e. The van der Waals surface area contributed by atoms with E-state index >= 15 is 0 Å². The highest BCUT2D eigenvalue weighted by Gasteiger charge is 2.25. The Labute approximate surface area is 120 Å². The van der Waals surface area contributed by atoms with Crippen LogP contribution in [0.3, 0.4) is 0 Å². The summed E-state index contributed by atoms with van der Waals surface area (Å²) >= 11 is 0. The molecule has 0 amide bonds. The van der Waals surface area contributed by atoms with Gasteiger partial charge in [0, 0.05) is 12.3 Å². The van der Waals surface area contributed by atoms with E-state index in [1.54, 1.807) is 19.1 Å². The molecule has 1 aromatic heterocycles. The molecule has 2 unspecified atom stereocenters. The first-order valence-corrected chi connectivity index (χ1v) is 7.38. The highest BCUT2D eigenvalue weighted by Crippen LogP contribution is 2.30. The van der Waals surface area contributed by atoms with Gasteiger partial charge in [0.05, 0.1) is 12.2 Å². The quantitative estimate of drug-likeness (QED) is 0.791. The lowest BCUT2D eigenvalue weighted by Gasteiger charge is -2.31. The Morgan fingerprint density at radius 2 is 1.95 bits per heavy atom. The molecule has 4 nitrogen and oxygen atoms in total. The maximum Gasteiger partial charge on any atom is 0.339 e. The number of nitrogens with zero attached hydrogens (tertiary/aromatic N) is 1. The van der Waals surface area contributed by atoms with Crippen LogP contribution in [0.4, 0.5) is 0 Å². The van der Waals surface area contributed by atoms with Crippen molar-refractivity contribution in [2.75, 3.05) is 6.61 Å². The van der Waals surface area contributed by atoms with Crippen LogP contribution < -0.4 is 4.74 Å². The van der Waals surface area contributed by atoms with Crippen molar-refractivity contribution < 1.29 is 14.3 Å². The van der Waals surface area contributed by atoms with Crippen LogP contribution in [0.5, 0.6) is 5.88 Å². The average molecular weight is 277 g/mol. The molecular weight excluding hydrogens is 254 g/mol. The number of rotatable bonds is 4. The Kier molecular flexibility index (Phi) is 4.99. The molecule has 0 aliphatic heterocycles. The third kappa shape index (κ3) is 3.95. The second-order valence-electron chi connectivity index (χ2n) is 5.76. The Bertz CT molecular complexity index is 434. The zero-order chi connectivity index (χ0) is 14.5. The van der Waals surface area contributed by atoms with E-state index < -0.39 is 0 Å². The lowest BCUT2D eigenvalue weighted by Crippen LogP contribution is -2.28. The molecule has 1 aromatic rings. The Hall–Kier alpha value is -1.58. The summed E-state index contributed by atoms with van der Waals surface area (Å²) in [7, 11) is 0. The van der Waals surface area contributed by atoms with Crippen molar-refractivity contribution in [3.8, 4) is 5.88 Å². The van der Waals surface area contributed by atoms with Crippen LogP contribution >= 0.6 is 0 Å². The minimum absolute atomic E-state index is 0.231. The summed E-state index contributed by atoms with van der Waals surface area (Å²) in [5, 5.41) is 0. The van der Waals surface area contributed by atoms with E-state index in [9.17, 15) is 4.79 Å². The van der Waals surface area contributed by atoms with E-state index in [2.05, 4.69) is 18.8 Å². The highest BCUT2D eigenvalue weighted by atomic mass is 16.5. The van der Waals surface area contributed by atoms with Gasteiger partial charge in [-0.3, -0.25) is 0 Å². The first-order valence-electron chi connectivity index (χ1n) is 7.38. The van der Waals surface area contributed by atoms with Gasteiger partial charge in [0.1, 0.15) is 6.10 Å². The molecule has 110 valence electrons. The fraction of sp³-hybridized carbons (Fsp3) is 0.625. The SMILES string of the molecule is CCOC(=O)c1ccc(OC2CC(C)CC(C)C2)nc1.